The van der Waals surface area contributed by atoms with Crippen LogP contribution in [0.5, 0.6) is 0 Å². The van der Waals surface area contributed by atoms with E-state index >= 15 is 0 Å². The van der Waals surface area contributed by atoms with Crippen molar-refractivity contribution in [3.8, 4) is 11.1 Å². The Morgan fingerprint density at radius 2 is 1.83 bits per heavy atom. The van der Waals surface area contributed by atoms with E-state index in [0.29, 0.717) is 36.9 Å². The highest BCUT2D eigenvalue weighted by atomic mass is 32.2. The molecule has 0 bridgehead atoms. The lowest BCUT2D eigenvalue weighted by Crippen LogP contribution is -2.41. The molecule has 1 aliphatic rings. The van der Waals surface area contributed by atoms with E-state index in [1.165, 1.54) is 43.9 Å². The maximum absolute atomic E-state index is 13.4. The zero-order valence-electron chi connectivity index (χ0n) is 24.2. The van der Waals surface area contributed by atoms with Gasteiger partial charge in [-0.15, -0.1) is 0 Å². The smallest absolute Gasteiger partial charge is 0.326 e. The van der Waals surface area contributed by atoms with E-state index in [1.54, 1.807) is 6.07 Å². The Morgan fingerprint density at radius 1 is 1.07 bits per heavy atom. The van der Waals surface area contributed by atoms with Crippen LogP contribution in [0.2, 0.25) is 0 Å². The molecular formula is C32H45NO7S. The van der Waals surface area contributed by atoms with E-state index < -0.39 is 24.0 Å². The standard InChI is InChI=1S/C32H45NO7S/c1-22-8-6-7-11-27(22)29-17-24(12-13-28(29)31(36)33-30(32(37)38)14-15-41-2)19-40-26(21-39-20-25(35)18-34)16-23-9-4-3-5-10-23/h6-8,11-13,17,23,25-26,30,34-35H,3-5,9-10,14-16,18-21H2,1-2H3,(H,33,36)(H,37,38)/t25?,26?,30-/m0/s1. The quantitative estimate of drug-likeness (QED) is 0.208. The molecule has 0 aliphatic heterocycles. The van der Waals surface area contributed by atoms with Crippen LogP contribution in [0.4, 0.5) is 0 Å². The van der Waals surface area contributed by atoms with Crippen molar-refractivity contribution in [1.82, 2.24) is 5.32 Å². The van der Waals surface area contributed by atoms with E-state index in [0.717, 1.165) is 28.7 Å². The predicted octanol–water partition coefficient (Wildman–Crippen LogP) is 4.82. The number of hydrogen-bond donors (Lipinski definition) is 4. The second-order valence-electron chi connectivity index (χ2n) is 10.9. The van der Waals surface area contributed by atoms with Crippen molar-refractivity contribution < 1.29 is 34.4 Å². The molecular weight excluding hydrogens is 542 g/mol. The second-order valence-corrected chi connectivity index (χ2v) is 11.9. The molecule has 1 fully saturated rings. The molecule has 8 nitrogen and oxygen atoms in total. The molecule has 3 rings (SSSR count). The van der Waals surface area contributed by atoms with Gasteiger partial charge in [0.05, 0.1) is 32.5 Å². The van der Waals surface area contributed by atoms with E-state index in [-0.39, 0.29) is 19.3 Å². The monoisotopic (exact) mass is 587 g/mol. The number of aryl methyl sites for hydroxylation is 1. The van der Waals surface area contributed by atoms with Crippen LogP contribution in [0, 0.1) is 12.8 Å². The number of hydrogen-bond acceptors (Lipinski definition) is 7. The van der Waals surface area contributed by atoms with Crippen LogP contribution in [0.1, 0.15) is 66.4 Å². The number of benzene rings is 2. The first-order valence-electron chi connectivity index (χ1n) is 14.5. The van der Waals surface area contributed by atoms with Gasteiger partial charge in [0, 0.05) is 5.56 Å². The van der Waals surface area contributed by atoms with Gasteiger partial charge in [0.1, 0.15) is 12.1 Å². The van der Waals surface area contributed by atoms with E-state index in [2.05, 4.69) is 5.32 Å². The molecule has 0 spiro atoms. The fraction of sp³-hybridized carbons (Fsp3) is 0.562. The molecule has 9 heteroatoms. The summed E-state index contributed by atoms with van der Waals surface area (Å²) in [6.07, 6.45) is 8.11. The van der Waals surface area contributed by atoms with E-state index in [9.17, 15) is 19.8 Å². The predicted molar refractivity (Wildman–Crippen MR) is 162 cm³/mol. The molecule has 0 aromatic heterocycles. The lowest BCUT2D eigenvalue weighted by molar-refractivity contribution is -0.139. The van der Waals surface area contributed by atoms with Gasteiger partial charge in [0.2, 0.25) is 0 Å². The van der Waals surface area contributed by atoms with Gasteiger partial charge >= 0.3 is 5.97 Å². The lowest BCUT2D eigenvalue weighted by Gasteiger charge is -2.27. The number of aliphatic carboxylic acids is 1. The third-order valence-electron chi connectivity index (χ3n) is 7.61. The molecule has 2 aromatic rings. The Kier molecular flexibility index (Phi) is 14.1. The summed E-state index contributed by atoms with van der Waals surface area (Å²) in [6.45, 7) is 2.33. The first-order valence-corrected chi connectivity index (χ1v) is 15.9. The molecule has 1 saturated carbocycles. The maximum Gasteiger partial charge on any atom is 0.326 e. The highest BCUT2D eigenvalue weighted by molar-refractivity contribution is 7.98. The lowest BCUT2D eigenvalue weighted by atomic mass is 9.85. The van der Waals surface area contributed by atoms with Crippen molar-refractivity contribution in [1.29, 1.82) is 0 Å². The molecule has 4 N–H and O–H groups in total. The number of carbonyl (C=O) groups excluding carboxylic acids is 1. The molecule has 226 valence electrons. The van der Waals surface area contributed by atoms with Gasteiger partial charge in [-0.25, -0.2) is 4.79 Å². The van der Waals surface area contributed by atoms with E-state index in [1.807, 2.05) is 49.6 Å². The van der Waals surface area contributed by atoms with Gasteiger partial charge in [0.15, 0.2) is 0 Å². The van der Waals surface area contributed by atoms with Crippen LogP contribution < -0.4 is 5.32 Å². The first kappa shape index (κ1) is 33.1. The number of aliphatic hydroxyl groups is 2. The van der Waals surface area contributed by atoms with Gasteiger partial charge in [-0.1, -0.05) is 62.4 Å². The summed E-state index contributed by atoms with van der Waals surface area (Å²) < 4.78 is 12.0. The number of aliphatic hydroxyl groups excluding tert-OH is 2. The molecule has 0 heterocycles. The SMILES string of the molecule is CSCC[C@H](NC(=O)c1ccc(COC(COCC(O)CO)CC2CCCCC2)cc1-c1ccccc1C)C(=O)O. The number of rotatable bonds is 17. The number of carboxylic acid groups (broad SMARTS) is 1. The van der Waals surface area contributed by atoms with Gasteiger partial charge in [0.25, 0.3) is 5.91 Å². The largest absolute Gasteiger partial charge is 0.480 e. The van der Waals surface area contributed by atoms with Crippen LogP contribution in [0.15, 0.2) is 42.5 Å². The summed E-state index contributed by atoms with van der Waals surface area (Å²) in [7, 11) is 0. The molecule has 3 atom stereocenters. The minimum Gasteiger partial charge on any atom is -0.480 e. The fourth-order valence-corrected chi connectivity index (χ4v) is 5.76. The zero-order valence-corrected chi connectivity index (χ0v) is 25.0. The third-order valence-corrected chi connectivity index (χ3v) is 8.25. The minimum absolute atomic E-state index is 0.0521. The highest BCUT2D eigenvalue weighted by Gasteiger charge is 2.24. The van der Waals surface area contributed by atoms with Crippen LogP contribution in [0.25, 0.3) is 11.1 Å². The Balaban J connectivity index is 1.80. The van der Waals surface area contributed by atoms with Crippen molar-refractivity contribution >= 4 is 23.6 Å². The molecule has 1 amide bonds. The molecule has 0 saturated heterocycles. The minimum atomic E-state index is -1.05. The average Bonchev–Trinajstić information content (AvgIpc) is 2.98. The normalized spacial score (nSPS) is 16.2. The fourth-order valence-electron chi connectivity index (χ4n) is 5.29. The van der Waals surface area contributed by atoms with Crippen molar-refractivity contribution in [2.75, 3.05) is 31.8 Å². The van der Waals surface area contributed by atoms with Crippen LogP contribution >= 0.6 is 11.8 Å². The number of carbonyl (C=O) groups is 2. The molecule has 41 heavy (non-hydrogen) atoms. The summed E-state index contributed by atoms with van der Waals surface area (Å²) >= 11 is 1.54. The average molecular weight is 588 g/mol. The molecule has 2 aromatic carbocycles. The molecule has 2 unspecified atom stereocenters. The Hall–Kier alpha value is -2.43. The van der Waals surface area contributed by atoms with Crippen LogP contribution in [-0.2, 0) is 20.9 Å². The Labute approximate surface area is 247 Å². The molecule has 0 radical (unpaired) electrons. The maximum atomic E-state index is 13.4. The number of carboxylic acids is 1. The van der Waals surface area contributed by atoms with Crippen molar-refractivity contribution in [3.05, 3.63) is 59.2 Å². The summed E-state index contributed by atoms with van der Waals surface area (Å²) in [5.74, 6) is -0.270. The van der Waals surface area contributed by atoms with Gasteiger partial charge in [-0.05, 0) is 72.1 Å². The molecule has 1 aliphatic carbocycles. The summed E-state index contributed by atoms with van der Waals surface area (Å²) in [5, 5.41) is 31.1. The number of ether oxygens (including phenoxy) is 2. The van der Waals surface area contributed by atoms with E-state index in [4.69, 9.17) is 14.6 Å². The summed E-state index contributed by atoms with van der Waals surface area (Å²) in [4.78, 5) is 25.1. The second kappa shape index (κ2) is 17.5. The highest BCUT2D eigenvalue weighted by Crippen LogP contribution is 2.31. The summed E-state index contributed by atoms with van der Waals surface area (Å²) in [5.41, 5.74) is 3.93. The van der Waals surface area contributed by atoms with Gasteiger partial charge in [-0.3, -0.25) is 4.79 Å². The Morgan fingerprint density at radius 3 is 2.51 bits per heavy atom. The first-order chi connectivity index (χ1) is 19.8. The van der Waals surface area contributed by atoms with Crippen molar-refractivity contribution in [2.24, 2.45) is 5.92 Å². The van der Waals surface area contributed by atoms with Crippen LogP contribution in [-0.4, -0.2) is 77.3 Å². The topological polar surface area (TPSA) is 125 Å². The zero-order chi connectivity index (χ0) is 29.6. The third kappa shape index (κ3) is 10.7. The van der Waals surface area contributed by atoms with Crippen LogP contribution in [0.3, 0.4) is 0 Å². The van der Waals surface area contributed by atoms with Gasteiger partial charge in [-0.2, -0.15) is 11.8 Å². The van der Waals surface area contributed by atoms with Crippen molar-refractivity contribution in [2.45, 2.75) is 76.7 Å². The number of thioether (sulfide) groups is 1. The summed E-state index contributed by atoms with van der Waals surface area (Å²) in [6, 6.07) is 12.4. The number of nitrogens with one attached hydrogen (secondary N) is 1. The van der Waals surface area contributed by atoms with Gasteiger partial charge < -0.3 is 30.1 Å². The van der Waals surface area contributed by atoms with Crippen molar-refractivity contribution in [3.63, 3.8) is 0 Å². The Bertz CT molecular complexity index is 1110. The number of amides is 1.